The molecule has 30 heavy (non-hydrogen) atoms. The SMILES string of the molecule is CN[C@@H](C)C(=O)NC(C)(C)C(=O)N1CC[C@H]2CCCN(CCc3ccccc3)C[C@H]21. The summed E-state index contributed by atoms with van der Waals surface area (Å²) in [6.07, 6.45) is 4.48. The molecular weight excluding hydrogens is 376 g/mol. The van der Waals surface area contributed by atoms with Crippen molar-refractivity contribution in [3.63, 3.8) is 0 Å². The van der Waals surface area contributed by atoms with Crippen LogP contribution in [0.5, 0.6) is 0 Å². The fourth-order valence-electron chi connectivity index (χ4n) is 4.78. The number of rotatable bonds is 7. The van der Waals surface area contributed by atoms with Gasteiger partial charge in [-0.05, 0) is 71.5 Å². The number of nitrogens with zero attached hydrogens (tertiary/aromatic N) is 2. The van der Waals surface area contributed by atoms with Crippen molar-refractivity contribution < 1.29 is 9.59 Å². The van der Waals surface area contributed by atoms with Crippen LogP contribution in [0.4, 0.5) is 0 Å². The third kappa shape index (κ3) is 5.41. The molecule has 2 heterocycles. The minimum Gasteiger partial charge on any atom is -0.341 e. The van der Waals surface area contributed by atoms with Gasteiger partial charge in [-0.15, -0.1) is 0 Å². The molecule has 2 fully saturated rings. The van der Waals surface area contributed by atoms with Gasteiger partial charge in [-0.25, -0.2) is 0 Å². The van der Waals surface area contributed by atoms with Gasteiger partial charge in [0.2, 0.25) is 11.8 Å². The summed E-state index contributed by atoms with van der Waals surface area (Å²) in [5.74, 6) is 0.465. The van der Waals surface area contributed by atoms with Crippen LogP contribution in [-0.2, 0) is 16.0 Å². The first kappa shape index (κ1) is 22.8. The molecular formula is C24H38N4O2. The summed E-state index contributed by atoms with van der Waals surface area (Å²) in [5, 5.41) is 5.89. The molecule has 2 amide bonds. The maximum atomic E-state index is 13.4. The number of fused-ring (bicyclic) bond motifs is 1. The van der Waals surface area contributed by atoms with Gasteiger partial charge < -0.3 is 20.4 Å². The highest BCUT2D eigenvalue weighted by molar-refractivity contribution is 5.92. The molecule has 6 nitrogen and oxygen atoms in total. The molecule has 0 spiro atoms. The number of likely N-dealkylation sites (N-methyl/N-ethyl adjacent to an activating group) is 1. The van der Waals surface area contributed by atoms with Crippen LogP contribution in [0.15, 0.2) is 30.3 Å². The van der Waals surface area contributed by atoms with Crippen LogP contribution in [0.1, 0.15) is 45.6 Å². The maximum Gasteiger partial charge on any atom is 0.248 e. The van der Waals surface area contributed by atoms with Crippen LogP contribution < -0.4 is 10.6 Å². The van der Waals surface area contributed by atoms with Gasteiger partial charge in [-0.1, -0.05) is 30.3 Å². The van der Waals surface area contributed by atoms with E-state index in [0.717, 1.165) is 39.0 Å². The Labute approximate surface area is 181 Å². The Balaban J connectivity index is 1.64. The highest BCUT2D eigenvalue weighted by Crippen LogP contribution is 2.33. The van der Waals surface area contributed by atoms with Crippen LogP contribution in [0.2, 0.25) is 0 Å². The Kier molecular flexibility index (Phi) is 7.53. The summed E-state index contributed by atoms with van der Waals surface area (Å²) in [4.78, 5) is 30.4. The average molecular weight is 415 g/mol. The molecule has 166 valence electrons. The number of benzene rings is 1. The average Bonchev–Trinajstić information content (AvgIpc) is 3.01. The number of likely N-dealkylation sites (tertiary alicyclic amines) is 2. The van der Waals surface area contributed by atoms with E-state index < -0.39 is 5.54 Å². The van der Waals surface area contributed by atoms with Gasteiger partial charge in [0.1, 0.15) is 5.54 Å². The van der Waals surface area contributed by atoms with Crippen LogP contribution in [0, 0.1) is 5.92 Å². The van der Waals surface area contributed by atoms with Crippen LogP contribution in [-0.4, -0.2) is 72.5 Å². The minimum absolute atomic E-state index is 0.0385. The molecule has 0 bridgehead atoms. The number of nitrogens with one attached hydrogen (secondary N) is 2. The third-order valence-electron chi connectivity index (χ3n) is 6.80. The van der Waals surface area contributed by atoms with Crippen LogP contribution in [0.3, 0.4) is 0 Å². The number of amides is 2. The Hall–Kier alpha value is -1.92. The number of hydrogen-bond donors (Lipinski definition) is 2. The zero-order chi connectivity index (χ0) is 21.7. The number of hydrogen-bond acceptors (Lipinski definition) is 4. The lowest BCUT2D eigenvalue weighted by Gasteiger charge is -2.36. The predicted octanol–water partition coefficient (Wildman–Crippen LogP) is 2.04. The molecule has 1 aromatic rings. The smallest absolute Gasteiger partial charge is 0.248 e. The van der Waals surface area contributed by atoms with Crippen molar-refractivity contribution in [3.8, 4) is 0 Å². The fraction of sp³-hybridized carbons (Fsp3) is 0.667. The van der Waals surface area contributed by atoms with E-state index in [4.69, 9.17) is 0 Å². The maximum absolute atomic E-state index is 13.4. The van der Waals surface area contributed by atoms with Crippen molar-refractivity contribution in [2.45, 2.75) is 64.1 Å². The molecule has 6 heteroatoms. The van der Waals surface area contributed by atoms with Gasteiger partial charge in [0.05, 0.1) is 6.04 Å². The van der Waals surface area contributed by atoms with E-state index >= 15 is 0 Å². The second-order valence-corrected chi connectivity index (χ2v) is 9.42. The molecule has 0 saturated carbocycles. The first-order chi connectivity index (χ1) is 14.3. The topological polar surface area (TPSA) is 64.7 Å². The first-order valence-electron chi connectivity index (χ1n) is 11.4. The summed E-state index contributed by atoms with van der Waals surface area (Å²) in [5.41, 5.74) is 0.457. The van der Waals surface area contributed by atoms with E-state index in [2.05, 4.69) is 50.8 Å². The Morgan fingerprint density at radius 2 is 1.90 bits per heavy atom. The van der Waals surface area contributed by atoms with E-state index in [1.807, 2.05) is 13.8 Å². The molecule has 3 rings (SSSR count). The van der Waals surface area contributed by atoms with Gasteiger partial charge in [0, 0.05) is 25.7 Å². The van der Waals surface area contributed by atoms with E-state index in [0.29, 0.717) is 5.92 Å². The van der Waals surface area contributed by atoms with E-state index in [-0.39, 0.29) is 23.9 Å². The molecule has 3 atom stereocenters. The lowest BCUT2D eigenvalue weighted by Crippen LogP contribution is -2.60. The molecule has 2 aliphatic rings. The largest absolute Gasteiger partial charge is 0.341 e. The molecule has 2 saturated heterocycles. The number of carbonyl (C=O) groups is 2. The monoisotopic (exact) mass is 414 g/mol. The molecule has 0 unspecified atom stereocenters. The second kappa shape index (κ2) is 9.92. The molecule has 1 aromatic carbocycles. The van der Waals surface area contributed by atoms with E-state index in [1.54, 1.807) is 14.0 Å². The van der Waals surface area contributed by atoms with Gasteiger partial charge >= 0.3 is 0 Å². The fourth-order valence-corrected chi connectivity index (χ4v) is 4.78. The van der Waals surface area contributed by atoms with E-state index in [1.165, 1.54) is 18.4 Å². The summed E-state index contributed by atoms with van der Waals surface area (Å²) >= 11 is 0. The van der Waals surface area contributed by atoms with Crippen LogP contribution >= 0.6 is 0 Å². The summed E-state index contributed by atoms with van der Waals surface area (Å²) in [6.45, 7) is 9.30. The normalized spacial score (nSPS) is 23.5. The molecule has 2 N–H and O–H groups in total. The van der Waals surface area contributed by atoms with Crippen molar-refractivity contribution in [1.82, 2.24) is 20.4 Å². The Morgan fingerprint density at radius 1 is 1.17 bits per heavy atom. The molecule has 0 radical (unpaired) electrons. The lowest BCUT2D eigenvalue weighted by atomic mass is 9.95. The van der Waals surface area contributed by atoms with Crippen molar-refractivity contribution in [1.29, 1.82) is 0 Å². The summed E-state index contributed by atoms with van der Waals surface area (Å²) in [6, 6.07) is 10.5. The number of carbonyl (C=O) groups excluding carboxylic acids is 2. The van der Waals surface area contributed by atoms with Crippen LogP contribution in [0.25, 0.3) is 0 Å². The zero-order valence-electron chi connectivity index (χ0n) is 19.0. The highest BCUT2D eigenvalue weighted by atomic mass is 16.2. The Bertz CT molecular complexity index is 721. The highest BCUT2D eigenvalue weighted by Gasteiger charge is 2.44. The van der Waals surface area contributed by atoms with Gasteiger partial charge in [-0.2, -0.15) is 0 Å². The third-order valence-corrected chi connectivity index (χ3v) is 6.80. The second-order valence-electron chi connectivity index (χ2n) is 9.42. The van der Waals surface area contributed by atoms with E-state index in [9.17, 15) is 9.59 Å². The van der Waals surface area contributed by atoms with Gasteiger partial charge in [0.15, 0.2) is 0 Å². The quantitative estimate of drug-likeness (QED) is 0.717. The molecule has 0 aromatic heterocycles. The minimum atomic E-state index is -0.905. The summed E-state index contributed by atoms with van der Waals surface area (Å²) in [7, 11) is 1.75. The van der Waals surface area contributed by atoms with Crippen molar-refractivity contribution in [2.75, 3.05) is 33.2 Å². The zero-order valence-corrected chi connectivity index (χ0v) is 19.0. The van der Waals surface area contributed by atoms with Crippen molar-refractivity contribution in [2.24, 2.45) is 5.92 Å². The molecule has 2 aliphatic heterocycles. The van der Waals surface area contributed by atoms with Gasteiger partial charge in [-0.3, -0.25) is 9.59 Å². The summed E-state index contributed by atoms with van der Waals surface area (Å²) < 4.78 is 0. The predicted molar refractivity (Wildman–Crippen MR) is 120 cm³/mol. The Morgan fingerprint density at radius 3 is 2.60 bits per heavy atom. The molecule has 0 aliphatic carbocycles. The van der Waals surface area contributed by atoms with Gasteiger partial charge in [0.25, 0.3) is 0 Å². The van der Waals surface area contributed by atoms with Crippen molar-refractivity contribution in [3.05, 3.63) is 35.9 Å². The lowest BCUT2D eigenvalue weighted by molar-refractivity contribution is -0.142. The first-order valence-corrected chi connectivity index (χ1v) is 11.4. The standard InChI is InChI=1S/C24H38N4O2/c1-18(25-4)22(29)26-24(2,3)23(30)28-16-13-20-11-8-14-27(17-21(20)28)15-12-19-9-6-5-7-10-19/h5-7,9-10,18,20-21,25H,8,11-17H2,1-4H3,(H,26,29)/t18-,20+,21+/m0/s1. The van der Waals surface area contributed by atoms with Crippen molar-refractivity contribution >= 4 is 11.8 Å².